The topological polar surface area (TPSA) is 64.8 Å². The summed E-state index contributed by atoms with van der Waals surface area (Å²) >= 11 is 0. The number of rotatable bonds is 2. The molecule has 2 N–H and O–H groups in total. The average Bonchev–Trinajstić information content (AvgIpc) is 2.26. The third-order valence-electron chi connectivity index (χ3n) is 3.05. The molecule has 15 heavy (non-hydrogen) atoms. The van der Waals surface area contributed by atoms with Gasteiger partial charge in [0.15, 0.2) is 5.78 Å². The normalized spacial score (nSPS) is 34.3. The second-order valence-corrected chi connectivity index (χ2v) is 4.18. The van der Waals surface area contributed by atoms with Crippen molar-refractivity contribution >= 4 is 5.78 Å². The Morgan fingerprint density at radius 1 is 1.33 bits per heavy atom. The lowest BCUT2D eigenvalue weighted by Crippen LogP contribution is -2.52. The highest BCUT2D eigenvalue weighted by molar-refractivity contribution is 5.85. The molecule has 86 valence electrons. The molecule has 0 aromatic heterocycles. The molecule has 0 amide bonds. The fourth-order valence-corrected chi connectivity index (χ4v) is 2.06. The van der Waals surface area contributed by atoms with E-state index in [1.54, 1.807) is 0 Å². The van der Waals surface area contributed by atoms with Crippen LogP contribution in [0.1, 0.15) is 0 Å². The second kappa shape index (κ2) is 5.03. The van der Waals surface area contributed by atoms with Crippen LogP contribution in [0.2, 0.25) is 0 Å². The number of morpholine rings is 1. The zero-order chi connectivity index (χ0) is 10.7. The minimum Gasteiger partial charge on any atom is -0.379 e. The molecule has 2 unspecified atom stereocenters. The number of ketones is 1. The number of ether oxygens (including phenoxy) is 2. The molecular weight excluding hydrogens is 196 g/mol. The average molecular weight is 214 g/mol. The number of nitrogens with two attached hydrogens (primary N) is 1. The van der Waals surface area contributed by atoms with Gasteiger partial charge in [-0.25, -0.2) is 0 Å². The smallest absolute Gasteiger partial charge is 0.175 e. The van der Waals surface area contributed by atoms with Gasteiger partial charge in [-0.05, 0) is 0 Å². The van der Waals surface area contributed by atoms with Crippen molar-refractivity contribution in [3.63, 3.8) is 0 Å². The molecule has 0 spiro atoms. The minimum atomic E-state index is -0.346. The predicted molar refractivity (Wildman–Crippen MR) is 54.6 cm³/mol. The van der Waals surface area contributed by atoms with Gasteiger partial charge < -0.3 is 15.2 Å². The van der Waals surface area contributed by atoms with Crippen LogP contribution in [0.4, 0.5) is 0 Å². The van der Waals surface area contributed by atoms with Crippen molar-refractivity contribution < 1.29 is 14.3 Å². The van der Waals surface area contributed by atoms with Crippen molar-refractivity contribution in [2.45, 2.75) is 6.04 Å². The van der Waals surface area contributed by atoms with Crippen LogP contribution in [0, 0.1) is 5.92 Å². The van der Waals surface area contributed by atoms with Gasteiger partial charge in [0.2, 0.25) is 0 Å². The Kier molecular flexibility index (Phi) is 3.69. The summed E-state index contributed by atoms with van der Waals surface area (Å²) in [6.07, 6.45) is 0. The Morgan fingerprint density at radius 3 is 2.80 bits per heavy atom. The lowest BCUT2D eigenvalue weighted by Gasteiger charge is -2.34. The van der Waals surface area contributed by atoms with Crippen LogP contribution < -0.4 is 5.73 Å². The molecule has 0 aromatic rings. The molecule has 0 aliphatic carbocycles. The summed E-state index contributed by atoms with van der Waals surface area (Å²) in [5.74, 6) is 0.170. The van der Waals surface area contributed by atoms with E-state index in [1.165, 1.54) is 0 Å². The molecule has 2 heterocycles. The van der Waals surface area contributed by atoms with Gasteiger partial charge in [-0.1, -0.05) is 0 Å². The van der Waals surface area contributed by atoms with Crippen molar-refractivity contribution in [2.24, 2.45) is 11.7 Å². The zero-order valence-electron chi connectivity index (χ0n) is 8.85. The molecule has 5 heteroatoms. The van der Waals surface area contributed by atoms with Crippen LogP contribution in [-0.2, 0) is 14.3 Å². The molecule has 2 fully saturated rings. The minimum absolute atomic E-state index is 0.0273. The van der Waals surface area contributed by atoms with Gasteiger partial charge in [0.1, 0.15) is 6.61 Å². The zero-order valence-corrected chi connectivity index (χ0v) is 8.85. The Bertz CT molecular complexity index is 229. The summed E-state index contributed by atoms with van der Waals surface area (Å²) < 4.78 is 10.5. The highest BCUT2D eigenvalue weighted by Gasteiger charge is 2.31. The van der Waals surface area contributed by atoms with Gasteiger partial charge in [-0.3, -0.25) is 9.69 Å². The van der Waals surface area contributed by atoms with Crippen molar-refractivity contribution in [1.82, 2.24) is 4.90 Å². The van der Waals surface area contributed by atoms with Gasteiger partial charge in [0.25, 0.3) is 0 Å². The number of carbonyl (C=O) groups excluding carboxylic acids is 1. The van der Waals surface area contributed by atoms with Gasteiger partial charge in [-0.15, -0.1) is 0 Å². The molecule has 0 saturated carbocycles. The Morgan fingerprint density at radius 2 is 2.07 bits per heavy atom. The summed E-state index contributed by atoms with van der Waals surface area (Å²) in [6, 6.07) is -0.346. The van der Waals surface area contributed by atoms with E-state index >= 15 is 0 Å². The molecule has 0 radical (unpaired) electrons. The maximum absolute atomic E-state index is 11.4. The van der Waals surface area contributed by atoms with Gasteiger partial charge in [0.05, 0.1) is 25.9 Å². The fraction of sp³-hybridized carbons (Fsp3) is 0.900. The highest BCUT2D eigenvalue weighted by Crippen LogP contribution is 2.13. The summed E-state index contributed by atoms with van der Waals surface area (Å²) in [5, 5.41) is 0. The van der Waals surface area contributed by atoms with Gasteiger partial charge in [-0.2, -0.15) is 0 Å². The summed E-state index contributed by atoms with van der Waals surface area (Å²) in [5.41, 5.74) is 5.85. The van der Waals surface area contributed by atoms with Gasteiger partial charge >= 0.3 is 0 Å². The molecule has 2 rings (SSSR count). The van der Waals surface area contributed by atoms with Gasteiger partial charge in [0, 0.05) is 25.6 Å². The maximum Gasteiger partial charge on any atom is 0.175 e. The number of hydrogen-bond donors (Lipinski definition) is 1. The molecule has 2 atom stereocenters. The first kappa shape index (κ1) is 11.0. The van der Waals surface area contributed by atoms with E-state index in [4.69, 9.17) is 15.2 Å². The van der Waals surface area contributed by atoms with Crippen molar-refractivity contribution in [2.75, 3.05) is 46.1 Å². The van der Waals surface area contributed by atoms with Crippen molar-refractivity contribution in [3.05, 3.63) is 0 Å². The second-order valence-electron chi connectivity index (χ2n) is 4.18. The van der Waals surface area contributed by atoms with Crippen molar-refractivity contribution in [3.8, 4) is 0 Å². The van der Waals surface area contributed by atoms with Crippen LogP contribution in [0.15, 0.2) is 0 Å². The van der Waals surface area contributed by atoms with Crippen LogP contribution in [0.5, 0.6) is 0 Å². The largest absolute Gasteiger partial charge is 0.379 e. The lowest BCUT2D eigenvalue weighted by molar-refractivity contribution is -0.132. The highest BCUT2D eigenvalue weighted by atomic mass is 16.5. The Balaban J connectivity index is 1.84. The predicted octanol–water partition coefficient (Wildman–Crippen LogP) is -1.14. The third kappa shape index (κ3) is 2.75. The quantitative estimate of drug-likeness (QED) is 0.629. The van der Waals surface area contributed by atoms with Crippen LogP contribution >= 0.6 is 0 Å². The van der Waals surface area contributed by atoms with E-state index in [1.807, 2.05) is 0 Å². The summed E-state index contributed by atoms with van der Waals surface area (Å²) in [6.45, 7) is 5.03. The Labute approximate surface area is 89.5 Å². The molecule has 0 aromatic carbocycles. The van der Waals surface area contributed by atoms with Crippen molar-refractivity contribution in [1.29, 1.82) is 0 Å². The number of Topliss-reactive ketones (excluding diaryl/α,β-unsaturated/α-hetero) is 1. The van der Waals surface area contributed by atoms with E-state index in [2.05, 4.69) is 4.90 Å². The summed E-state index contributed by atoms with van der Waals surface area (Å²) in [4.78, 5) is 13.6. The van der Waals surface area contributed by atoms with E-state index in [9.17, 15) is 4.79 Å². The molecule has 0 bridgehead atoms. The first-order chi connectivity index (χ1) is 7.27. The number of nitrogens with zero attached hydrogens (tertiary/aromatic N) is 1. The molecule has 2 aliphatic heterocycles. The number of carbonyl (C=O) groups is 1. The summed E-state index contributed by atoms with van der Waals surface area (Å²) in [7, 11) is 0. The maximum atomic E-state index is 11.4. The molecule has 2 saturated heterocycles. The van der Waals surface area contributed by atoms with E-state index in [0.717, 1.165) is 32.8 Å². The first-order valence-corrected chi connectivity index (χ1v) is 5.43. The van der Waals surface area contributed by atoms with E-state index < -0.39 is 0 Å². The SMILES string of the molecule is NC1C(=O)COCC1CN1CCOCC1. The first-order valence-electron chi connectivity index (χ1n) is 5.43. The van der Waals surface area contributed by atoms with Crippen LogP contribution in [0.3, 0.4) is 0 Å². The lowest BCUT2D eigenvalue weighted by atomic mass is 9.95. The molecule has 2 aliphatic rings. The molecular formula is C10H18N2O3. The molecule has 5 nitrogen and oxygen atoms in total. The number of hydrogen-bond acceptors (Lipinski definition) is 5. The third-order valence-corrected chi connectivity index (χ3v) is 3.05. The Hall–Kier alpha value is -0.490. The monoisotopic (exact) mass is 214 g/mol. The van der Waals surface area contributed by atoms with Crippen LogP contribution in [-0.4, -0.2) is 62.8 Å². The van der Waals surface area contributed by atoms with Crippen LogP contribution in [0.25, 0.3) is 0 Å². The fourth-order valence-electron chi connectivity index (χ4n) is 2.06. The van der Waals surface area contributed by atoms with E-state index in [0.29, 0.717) is 6.61 Å². The standard InChI is InChI=1S/C10H18N2O3/c11-10-8(6-15-7-9(10)13)5-12-1-3-14-4-2-12/h8,10H,1-7,11H2. The van der Waals surface area contributed by atoms with E-state index in [-0.39, 0.29) is 24.3 Å².